The van der Waals surface area contributed by atoms with Gasteiger partial charge in [-0.1, -0.05) is 55.2 Å². The summed E-state index contributed by atoms with van der Waals surface area (Å²) in [6.45, 7) is 4.05. The van der Waals surface area contributed by atoms with Crippen molar-refractivity contribution in [1.82, 2.24) is 9.55 Å². The summed E-state index contributed by atoms with van der Waals surface area (Å²) in [5.74, 6) is 0.0120. The molecule has 1 atom stereocenters. The smallest absolute Gasteiger partial charge is 0.261 e. The SMILES string of the molecule is CC[C@H](C)c1ccccc1NC(=O)Cn1cnc2c(Cl)cc(Cl)cc2c1=O. The molecule has 140 valence electrons. The summed E-state index contributed by atoms with van der Waals surface area (Å²) < 4.78 is 1.25. The van der Waals surface area contributed by atoms with E-state index in [1.807, 2.05) is 24.3 Å². The van der Waals surface area contributed by atoms with Gasteiger partial charge in [-0.15, -0.1) is 0 Å². The van der Waals surface area contributed by atoms with E-state index in [1.54, 1.807) is 0 Å². The summed E-state index contributed by atoms with van der Waals surface area (Å²) in [4.78, 5) is 29.4. The lowest BCUT2D eigenvalue weighted by atomic mass is 9.97. The maximum Gasteiger partial charge on any atom is 0.261 e. The Kier molecular flexibility index (Phi) is 5.82. The topological polar surface area (TPSA) is 64.0 Å². The van der Waals surface area contributed by atoms with Gasteiger partial charge >= 0.3 is 0 Å². The maximum atomic E-state index is 12.7. The molecule has 5 nitrogen and oxygen atoms in total. The van der Waals surface area contributed by atoms with E-state index in [9.17, 15) is 9.59 Å². The van der Waals surface area contributed by atoms with Crippen LogP contribution in [-0.4, -0.2) is 15.5 Å². The number of fused-ring (bicyclic) bond motifs is 1. The number of hydrogen-bond donors (Lipinski definition) is 1. The molecule has 0 bridgehead atoms. The molecule has 1 amide bonds. The Labute approximate surface area is 166 Å². The number of aromatic nitrogens is 2. The third-order valence-corrected chi connectivity index (χ3v) is 5.04. The molecule has 3 aromatic rings. The zero-order valence-electron chi connectivity index (χ0n) is 15.0. The van der Waals surface area contributed by atoms with Crippen molar-refractivity contribution < 1.29 is 4.79 Å². The van der Waals surface area contributed by atoms with Gasteiger partial charge < -0.3 is 5.32 Å². The monoisotopic (exact) mass is 403 g/mol. The molecule has 0 aliphatic carbocycles. The highest BCUT2D eigenvalue weighted by molar-refractivity contribution is 6.38. The van der Waals surface area contributed by atoms with Crippen molar-refractivity contribution in [3.63, 3.8) is 0 Å². The number of para-hydroxylation sites is 1. The van der Waals surface area contributed by atoms with Crippen LogP contribution in [-0.2, 0) is 11.3 Å². The van der Waals surface area contributed by atoms with Crippen molar-refractivity contribution in [2.45, 2.75) is 32.7 Å². The van der Waals surface area contributed by atoms with E-state index in [4.69, 9.17) is 23.2 Å². The summed E-state index contributed by atoms with van der Waals surface area (Å²) in [5, 5.41) is 3.82. The molecule has 1 N–H and O–H groups in total. The summed E-state index contributed by atoms with van der Waals surface area (Å²) in [6.07, 6.45) is 2.28. The molecule has 7 heteroatoms. The van der Waals surface area contributed by atoms with Gasteiger partial charge in [0.05, 0.1) is 22.3 Å². The fraction of sp³-hybridized carbons (Fsp3) is 0.250. The Morgan fingerprint density at radius 3 is 2.74 bits per heavy atom. The Morgan fingerprint density at radius 2 is 2.00 bits per heavy atom. The molecule has 1 heterocycles. The van der Waals surface area contributed by atoms with Gasteiger partial charge in [-0.3, -0.25) is 14.2 Å². The van der Waals surface area contributed by atoms with Crippen LogP contribution < -0.4 is 10.9 Å². The molecule has 0 aliphatic heterocycles. The molecule has 0 spiro atoms. The molecule has 0 fully saturated rings. The Hall–Kier alpha value is -2.37. The van der Waals surface area contributed by atoms with E-state index in [1.165, 1.54) is 23.0 Å². The fourth-order valence-corrected chi connectivity index (χ4v) is 3.45. The lowest BCUT2D eigenvalue weighted by Gasteiger charge is -2.16. The van der Waals surface area contributed by atoms with E-state index in [2.05, 4.69) is 24.1 Å². The average molecular weight is 404 g/mol. The number of nitrogens with one attached hydrogen (secondary N) is 1. The van der Waals surface area contributed by atoms with Crippen LogP contribution in [0, 0.1) is 0 Å². The number of amides is 1. The van der Waals surface area contributed by atoms with Crippen LogP contribution >= 0.6 is 23.2 Å². The highest BCUT2D eigenvalue weighted by atomic mass is 35.5. The number of rotatable bonds is 5. The van der Waals surface area contributed by atoms with Crippen LogP contribution in [0.3, 0.4) is 0 Å². The van der Waals surface area contributed by atoms with Crippen molar-refractivity contribution in [3.8, 4) is 0 Å². The van der Waals surface area contributed by atoms with Crippen molar-refractivity contribution in [3.05, 3.63) is 68.7 Å². The molecule has 27 heavy (non-hydrogen) atoms. The zero-order chi connectivity index (χ0) is 19.6. The number of nitrogens with zero attached hydrogens (tertiary/aromatic N) is 2. The maximum absolute atomic E-state index is 12.7. The second-order valence-corrected chi connectivity index (χ2v) is 7.25. The van der Waals surface area contributed by atoms with E-state index < -0.39 is 0 Å². The standard InChI is InChI=1S/C20H19Cl2N3O2/c1-3-12(2)14-6-4-5-7-17(14)24-18(26)10-25-11-23-19-15(20(25)27)8-13(21)9-16(19)22/h4-9,11-12H,3,10H2,1-2H3,(H,24,26)/t12-/m0/s1. The van der Waals surface area contributed by atoms with Gasteiger partial charge in [-0.25, -0.2) is 4.98 Å². The molecule has 1 aromatic heterocycles. The Balaban J connectivity index is 1.87. The molecule has 3 rings (SSSR count). The minimum Gasteiger partial charge on any atom is -0.324 e. The van der Waals surface area contributed by atoms with E-state index in [-0.39, 0.29) is 23.4 Å². The lowest BCUT2D eigenvalue weighted by molar-refractivity contribution is -0.116. The second kappa shape index (κ2) is 8.11. The summed E-state index contributed by atoms with van der Waals surface area (Å²) in [5.41, 5.74) is 1.82. The minimum absolute atomic E-state index is 0.152. The first-order valence-electron chi connectivity index (χ1n) is 8.63. The summed E-state index contributed by atoms with van der Waals surface area (Å²) in [6, 6.07) is 10.7. The van der Waals surface area contributed by atoms with Gasteiger partial charge in [-0.2, -0.15) is 0 Å². The Bertz CT molecular complexity index is 1060. The predicted octanol–water partition coefficient (Wildman–Crippen LogP) is 4.86. The lowest BCUT2D eigenvalue weighted by Crippen LogP contribution is -2.28. The molecule has 0 aliphatic rings. The number of halogens is 2. The average Bonchev–Trinajstić information content (AvgIpc) is 2.64. The number of carbonyl (C=O) groups excluding carboxylic acids is 1. The summed E-state index contributed by atoms with van der Waals surface area (Å²) >= 11 is 12.1. The largest absolute Gasteiger partial charge is 0.324 e. The predicted molar refractivity (Wildman–Crippen MR) is 110 cm³/mol. The van der Waals surface area contributed by atoms with Crippen LogP contribution in [0.1, 0.15) is 31.7 Å². The normalized spacial score (nSPS) is 12.1. The van der Waals surface area contributed by atoms with Gasteiger partial charge in [0.2, 0.25) is 5.91 Å². The third kappa shape index (κ3) is 4.15. The third-order valence-electron chi connectivity index (χ3n) is 4.54. The highest BCUT2D eigenvalue weighted by Crippen LogP contribution is 2.26. The van der Waals surface area contributed by atoms with Crippen LogP contribution in [0.15, 0.2) is 47.5 Å². The highest BCUT2D eigenvalue weighted by Gasteiger charge is 2.14. The fourth-order valence-electron chi connectivity index (χ4n) is 2.91. The minimum atomic E-state index is -0.366. The number of anilines is 1. The Morgan fingerprint density at radius 1 is 1.26 bits per heavy atom. The number of benzene rings is 2. The molecule has 0 saturated carbocycles. The molecule has 0 radical (unpaired) electrons. The van der Waals surface area contributed by atoms with E-state index in [0.29, 0.717) is 21.5 Å². The van der Waals surface area contributed by atoms with Crippen molar-refractivity contribution in [2.75, 3.05) is 5.32 Å². The van der Waals surface area contributed by atoms with Gasteiger partial charge in [-0.05, 0) is 36.1 Å². The van der Waals surface area contributed by atoms with Gasteiger partial charge in [0.25, 0.3) is 5.56 Å². The quantitative estimate of drug-likeness (QED) is 0.661. The first kappa shape index (κ1) is 19.4. The van der Waals surface area contributed by atoms with Crippen LogP contribution in [0.25, 0.3) is 10.9 Å². The van der Waals surface area contributed by atoms with Gasteiger partial charge in [0.15, 0.2) is 0 Å². The second-order valence-electron chi connectivity index (χ2n) is 6.41. The van der Waals surface area contributed by atoms with Crippen molar-refractivity contribution in [1.29, 1.82) is 0 Å². The first-order chi connectivity index (χ1) is 12.9. The van der Waals surface area contributed by atoms with Gasteiger partial charge in [0, 0.05) is 10.7 Å². The summed E-state index contributed by atoms with van der Waals surface area (Å²) in [7, 11) is 0. The van der Waals surface area contributed by atoms with E-state index >= 15 is 0 Å². The molecule has 0 saturated heterocycles. The van der Waals surface area contributed by atoms with Gasteiger partial charge in [0.1, 0.15) is 6.54 Å². The molecular weight excluding hydrogens is 385 g/mol. The molecular formula is C20H19Cl2N3O2. The number of carbonyl (C=O) groups is 1. The van der Waals surface area contributed by atoms with Crippen LogP contribution in [0.2, 0.25) is 10.0 Å². The van der Waals surface area contributed by atoms with Crippen LogP contribution in [0.4, 0.5) is 5.69 Å². The molecule has 2 aromatic carbocycles. The van der Waals surface area contributed by atoms with Crippen molar-refractivity contribution in [2.24, 2.45) is 0 Å². The zero-order valence-corrected chi connectivity index (χ0v) is 16.5. The van der Waals surface area contributed by atoms with Crippen molar-refractivity contribution >= 4 is 45.7 Å². The van der Waals surface area contributed by atoms with E-state index in [0.717, 1.165) is 17.7 Å². The number of hydrogen-bond acceptors (Lipinski definition) is 3. The first-order valence-corrected chi connectivity index (χ1v) is 9.39. The van der Waals surface area contributed by atoms with Crippen LogP contribution in [0.5, 0.6) is 0 Å². The molecule has 0 unspecified atom stereocenters.